The number of carbonyl (C=O) groups is 4. The summed E-state index contributed by atoms with van der Waals surface area (Å²) in [6.07, 6.45) is 9.14. The molecule has 2 fully saturated rings. The normalized spacial score (nSPS) is 20.4. The number of rotatable bonds is 11. The SMILES string of the molecule is CC(C)(C)OC(=O)NC1CCCCC1C(=O)N[C@H](c1ncc(-c2ccc(-c3ccc(-c4cnc([C@@H](NC(=O)C5CCCCC5NC(=O)OC(C)(C)C)C(C)(C)C)[nH]4)cc3)cc2)[nH]1)C(C)(C)C. The van der Waals surface area contributed by atoms with E-state index in [4.69, 9.17) is 19.4 Å². The van der Waals surface area contributed by atoms with Gasteiger partial charge >= 0.3 is 12.2 Å². The van der Waals surface area contributed by atoms with Crippen molar-refractivity contribution in [3.05, 3.63) is 72.6 Å². The van der Waals surface area contributed by atoms with Gasteiger partial charge in [-0.1, -0.05) is 116 Å². The molecule has 4 aromatic rings. The van der Waals surface area contributed by atoms with E-state index in [0.29, 0.717) is 24.5 Å². The number of nitrogens with zero attached hydrogens (tertiary/aromatic N) is 2. The summed E-state index contributed by atoms with van der Waals surface area (Å²) in [4.78, 5) is 69.6. The summed E-state index contributed by atoms with van der Waals surface area (Å²) in [6, 6.07) is 15.2. The van der Waals surface area contributed by atoms with Gasteiger partial charge in [0.2, 0.25) is 11.8 Å². The molecule has 14 heteroatoms. The average Bonchev–Trinajstić information content (AvgIpc) is 3.91. The lowest BCUT2D eigenvalue weighted by Gasteiger charge is -2.35. The number of hydrogen-bond acceptors (Lipinski definition) is 8. The topological polar surface area (TPSA) is 192 Å². The van der Waals surface area contributed by atoms with Crippen LogP contribution < -0.4 is 21.3 Å². The first-order chi connectivity index (χ1) is 30.8. The lowest BCUT2D eigenvalue weighted by atomic mass is 9.82. The molecule has 358 valence electrons. The number of ether oxygens (including phenoxy) is 2. The van der Waals surface area contributed by atoms with Gasteiger partial charge in [0.15, 0.2) is 0 Å². The minimum absolute atomic E-state index is 0.102. The van der Waals surface area contributed by atoms with E-state index in [1.165, 1.54) is 0 Å². The molecule has 0 spiro atoms. The predicted molar refractivity (Wildman–Crippen MR) is 258 cm³/mol. The largest absolute Gasteiger partial charge is 0.444 e. The van der Waals surface area contributed by atoms with Crippen molar-refractivity contribution in [2.24, 2.45) is 22.7 Å². The Labute approximate surface area is 391 Å². The van der Waals surface area contributed by atoms with Crippen LogP contribution in [-0.4, -0.2) is 67.2 Å². The van der Waals surface area contributed by atoms with Crippen molar-refractivity contribution in [3.63, 3.8) is 0 Å². The first-order valence-electron chi connectivity index (χ1n) is 23.8. The Morgan fingerprint density at radius 2 is 0.833 bits per heavy atom. The maximum atomic E-state index is 13.9. The Morgan fingerprint density at radius 3 is 1.15 bits per heavy atom. The molecule has 2 aliphatic carbocycles. The smallest absolute Gasteiger partial charge is 0.407 e. The summed E-state index contributed by atoms with van der Waals surface area (Å²) in [5.74, 6) is 0.387. The van der Waals surface area contributed by atoms with Crippen molar-refractivity contribution in [2.75, 3.05) is 0 Å². The Hall–Kier alpha value is -5.66. The zero-order chi connectivity index (χ0) is 48.2. The van der Waals surface area contributed by atoms with Gasteiger partial charge < -0.3 is 40.7 Å². The fraction of sp³-hybridized carbons (Fsp3) is 0.577. The fourth-order valence-electron chi connectivity index (χ4n) is 8.99. The average molecular weight is 907 g/mol. The Bertz CT molecular complexity index is 2130. The van der Waals surface area contributed by atoms with Gasteiger partial charge in [0, 0.05) is 12.1 Å². The minimum atomic E-state index is -0.627. The number of aromatic amines is 2. The van der Waals surface area contributed by atoms with E-state index in [2.05, 4.69) is 121 Å². The second-order valence-electron chi connectivity index (χ2n) is 22.4. The van der Waals surface area contributed by atoms with Crippen molar-refractivity contribution in [1.82, 2.24) is 41.2 Å². The van der Waals surface area contributed by atoms with Crippen LogP contribution in [0.3, 0.4) is 0 Å². The van der Waals surface area contributed by atoms with Crippen molar-refractivity contribution in [2.45, 2.75) is 170 Å². The number of amides is 4. The quantitative estimate of drug-likeness (QED) is 0.0856. The van der Waals surface area contributed by atoms with Gasteiger partial charge in [0.1, 0.15) is 22.9 Å². The summed E-state index contributed by atoms with van der Waals surface area (Å²) < 4.78 is 11.0. The lowest BCUT2D eigenvalue weighted by molar-refractivity contribution is -0.129. The number of alkyl carbamates (subject to hydrolysis) is 2. The van der Waals surface area contributed by atoms with Crippen molar-refractivity contribution < 1.29 is 28.7 Å². The summed E-state index contributed by atoms with van der Waals surface area (Å²) in [5, 5.41) is 12.5. The monoisotopic (exact) mass is 907 g/mol. The van der Waals surface area contributed by atoms with Crippen LogP contribution in [0.5, 0.6) is 0 Å². The van der Waals surface area contributed by atoms with E-state index in [-0.39, 0.29) is 46.6 Å². The van der Waals surface area contributed by atoms with E-state index in [9.17, 15) is 19.2 Å². The standard InChI is InChI=1S/C52H74N8O6/c1-49(2,3)41(59-45(61)35-17-13-15-19-37(35)57-47(63)65-51(7,8)9)43-53-29-39(55-43)33-25-21-31(22-26-33)32-23-27-34(28-24-32)40-30-54-44(56-40)42(50(4,5)6)60-46(62)36-18-14-16-20-38(36)58-48(64)66-52(10,11)12/h21-30,35-38,41-42H,13-20H2,1-12H3,(H,53,55)(H,54,56)(H,57,63)(H,58,64)(H,59,61)(H,60,62)/t35?,36?,37?,38?,41-,42-/m1/s1. The van der Waals surface area contributed by atoms with Gasteiger partial charge in [-0.05, 0) is 100 Å². The molecule has 66 heavy (non-hydrogen) atoms. The number of nitrogens with one attached hydrogen (secondary N) is 6. The number of carbonyl (C=O) groups excluding carboxylic acids is 4. The van der Waals surface area contributed by atoms with Gasteiger partial charge in [0.05, 0.1) is 47.7 Å². The van der Waals surface area contributed by atoms with Crippen molar-refractivity contribution in [1.29, 1.82) is 0 Å². The molecular formula is C52H74N8O6. The lowest BCUT2D eigenvalue weighted by Crippen LogP contribution is -2.51. The van der Waals surface area contributed by atoms with E-state index < -0.39 is 35.5 Å². The second-order valence-corrected chi connectivity index (χ2v) is 22.4. The van der Waals surface area contributed by atoms with E-state index in [1.54, 1.807) is 0 Å². The number of aromatic nitrogens is 4. The molecule has 0 aliphatic heterocycles. The number of benzene rings is 2. The third-order valence-corrected chi connectivity index (χ3v) is 12.4. The van der Waals surface area contributed by atoms with Crippen molar-refractivity contribution in [3.8, 4) is 33.6 Å². The highest BCUT2D eigenvalue weighted by Crippen LogP contribution is 2.37. The van der Waals surface area contributed by atoms with E-state index >= 15 is 0 Å². The first kappa shape index (κ1) is 49.8. The predicted octanol–water partition coefficient (Wildman–Crippen LogP) is 10.7. The summed E-state index contributed by atoms with van der Waals surface area (Å²) in [7, 11) is 0. The van der Waals surface area contributed by atoms with Crippen LogP contribution in [0.4, 0.5) is 9.59 Å². The molecule has 4 amide bonds. The number of imidazole rings is 2. The van der Waals surface area contributed by atoms with Gasteiger partial charge in [-0.3, -0.25) is 9.59 Å². The van der Waals surface area contributed by atoms with Crippen molar-refractivity contribution >= 4 is 24.0 Å². The van der Waals surface area contributed by atoms with Crippen LogP contribution in [0, 0.1) is 22.7 Å². The summed E-state index contributed by atoms with van der Waals surface area (Å²) >= 11 is 0. The van der Waals surface area contributed by atoms with Crippen LogP contribution >= 0.6 is 0 Å². The number of H-pyrrole nitrogens is 2. The Balaban J connectivity index is 1.10. The van der Waals surface area contributed by atoms with Gasteiger partial charge in [-0.2, -0.15) is 0 Å². The molecule has 6 rings (SSSR count). The highest BCUT2D eigenvalue weighted by molar-refractivity contribution is 5.82. The molecule has 6 atom stereocenters. The van der Waals surface area contributed by atoms with Gasteiger partial charge in [-0.25, -0.2) is 19.6 Å². The zero-order valence-corrected chi connectivity index (χ0v) is 41.2. The molecule has 0 radical (unpaired) electrons. The zero-order valence-electron chi connectivity index (χ0n) is 41.2. The molecule has 4 unspecified atom stereocenters. The number of hydrogen-bond donors (Lipinski definition) is 6. The molecule has 2 heterocycles. The van der Waals surface area contributed by atoms with Crippen LogP contribution in [-0.2, 0) is 19.1 Å². The molecule has 14 nitrogen and oxygen atoms in total. The first-order valence-corrected chi connectivity index (χ1v) is 23.8. The Morgan fingerprint density at radius 1 is 0.515 bits per heavy atom. The summed E-state index contributed by atoms with van der Waals surface area (Å²) in [5.41, 5.74) is 3.75. The van der Waals surface area contributed by atoms with E-state index in [1.807, 2.05) is 53.9 Å². The molecule has 2 aromatic heterocycles. The van der Waals surface area contributed by atoms with Crippen LogP contribution in [0.1, 0.15) is 158 Å². The maximum absolute atomic E-state index is 13.9. The molecule has 2 aromatic carbocycles. The van der Waals surface area contributed by atoms with Gasteiger partial charge in [0.25, 0.3) is 0 Å². The Kier molecular flexibility index (Phi) is 15.1. The minimum Gasteiger partial charge on any atom is -0.444 e. The van der Waals surface area contributed by atoms with Gasteiger partial charge in [-0.15, -0.1) is 0 Å². The van der Waals surface area contributed by atoms with E-state index in [0.717, 1.165) is 72.2 Å². The molecule has 2 saturated carbocycles. The molecular weight excluding hydrogens is 833 g/mol. The third kappa shape index (κ3) is 13.2. The fourth-order valence-corrected chi connectivity index (χ4v) is 8.99. The highest BCUT2D eigenvalue weighted by Gasteiger charge is 2.39. The molecule has 0 saturated heterocycles. The summed E-state index contributed by atoms with van der Waals surface area (Å²) in [6.45, 7) is 23.4. The second kappa shape index (κ2) is 20.1. The maximum Gasteiger partial charge on any atom is 0.407 e. The molecule has 6 N–H and O–H groups in total. The third-order valence-electron chi connectivity index (χ3n) is 12.4. The van der Waals surface area contributed by atoms with Crippen LogP contribution in [0.15, 0.2) is 60.9 Å². The molecule has 0 bridgehead atoms. The molecule has 2 aliphatic rings. The van der Waals surface area contributed by atoms with Crippen LogP contribution in [0.25, 0.3) is 33.6 Å². The highest BCUT2D eigenvalue weighted by atomic mass is 16.6. The van der Waals surface area contributed by atoms with Crippen LogP contribution in [0.2, 0.25) is 0 Å².